The molecule has 0 aromatic carbocycles. The molecule has 0 saturated carbocycles. The molecule has 0 aliphatic heterocycles. The third-order valence-corrected chi connectivity index (χ3v) is 0.727. The van der Waals surface area contributed by atoms with Crippen LogP contribution in [0.4, 0.5) is 0 Å². The summed E-state index contributed by atoms with van der Waals surface area (Å²) in [7, 11) is 1.71. The zero-order valence-corrected chi connectivity index (χ0v) is 4.56. The van der Waals surface area contributed by atoms with Crippen LogP contribution in [0.25, 0.3) is 0 Å². The second-order valence-corrected chi connectivity index (χ2v) is 1.11. The van der Waals surface area contributed by atoms with Crippen LogP contribution in [-0.4, -0.2) is 13.3 Å². The molecule has 0 rings (SSSR count). The Morgan fingerprint density at radius 1 is 1.71 bits per heavy atom. The van der Waals surface area contributed by atoms with Gasteiger partial charge in [0.1, 0.15) is 0 Å². The molecule has 40 valence electrons. The molecule has 0 saturated heterocycles. The van der Waals surface area contributed by atoms with Gasteiger partial charge in [0.05, 0.1) is 5.70 Å². The van der Waals surface area contributed by atoms with E-state index in [0.29, 0.717) is 5.70 Å². The van der Waals surface area contributed by atoms with Gasteiger partial charge in [-0.2, -0.15) is 0 Å². The molecule has 0 amide bonds. The van der Waals surface area contributed by atoms with E-state index in [9.17, 15) is 4.79 Å². The van der Waals surface area contributed by atoms with Crippen LogP contribution in [0.15, 0.2) is 11.8 Å². The topological polar surface area (TPSA) is 29.1 Å². The SMILES string of the molecule is C/C=C(\C=O)NC. The van der Waals surface area contributed by atoms with E-state index >= 15 is 0 Å². The minimum absolute atomic E-state index is 0.625. The van der Waals surface area contributed by atoms with Gasteiger partial charge in [0.15, 0.2) is 6.29 Å². The van der Waals surface area contributed by atoms with E-state index in [-0.39, 0.29) is 0 Å². The Balaban J connectivity index is 3.60. The van der Waals surface area contributed by atoms with Crippen LogP contribution in [0, 0.1) is 0 Å². The molecule has 0 bridgehead atoms. The lowest BCUT2D eigenvalue weighted by Crippen LogP contribution is -2.05. The molecule has 2 nitrogen and oxygen atoms in total. The van der Waals surface area contributed by atoms with Crippen LogP contribution in [0.3, 0.4) is 0 Å². The highest BCUT2D eigenvalue weighted by Crippen LogP contribution is 1.75. The maximum Gasteiger partial charge on any atom is 0.165 e. The lowest BCUT2D eigenvalue weighted by Gasteiger charge is -1.90. The van der Waals surface area contributed by atoms with Gasteiger partial charge < -0.3 is 5.32 Å². The van der Waals surface area contributed by atoms with E-state index in [1.54, 1.807) is 20.0 Å². The summed E-state index contributed by atoms with van der Waals surface area (Å²) in [6.45, 7) is 1.81. The van der Waals surface area contributed by atoms with E-state index in [0.717, 1.165) is 6.29 Å². The molecule has 0 radical (unpaired) electrons. The minimum atomic E-state index is 0.625. The van der Waals surface area contributed by atoms with Crippen molar-refractivity contribution in [1.82, 2.24) is 5.32 Å². The van der Waals surface area contributed by atoms with Crippen molar-refractivity contribution in [3.63, 3.8) is 0 Å². The number of hydrogen-bond acceptors (Lipinski definition) is 2. The van der Waals surface area contributed by atoms with Gasteiger partial charge in [-0.1, -0.05) is 6.08 Å². The predicted molar refractivity (Wildman–Crippen MR) is 28.9 cm³/mol. The molecule has 0 atom stereocenters. The Kier molecular flexibility index (Phi) is 3.02. The summed E-state index contributed by atoms with van der Waals surface area (Å²) in [5, 5.41) is 2.69. The molecule has 0 heterocycles. The largest absolute Gasteiger partial charge is 0.386 e. The van der Waals surface area contributed by atoms with E-state index < -0.39 is 0 Å². The fourth-order valence-electron chi connectivity index (χ4n) is 0.271. The molecule has 0 fully saturated rings. The number of rotatable bonds is 2. The highest BCUT2D eigenvalue weighted by molar-refractivity contribution is 5.71. The first kappa shape index (κ1) is 6.21. The average molecular weight is 99.1 g/mol. The van der Waals surface area contributed by atoms with Crippen LogP contribution in [0.5, 0.6) is 0 Å². The average Bonchev–Trinajstić information content (AvgIpc) is 1.72. The summed E-state index contributed by atoms with van der Waals surface area (Å²) in [6, 6.07) is 0. The van der Waals surface area contributed by atoms with Gasteiger partial charge in [0.25, 0.3) is 0 Å². The van der Waals surface area contributed by atoms with Gasteiger partial charge in [-0.3, -0.25) is 4.79 Å². The zero-order valence-electron chi connectivity index (χ0n) is 4.56. The molecule has 0 spiro atoms. The van der Waals surface area contributed by atoms with Gasteiger partial charge in [-0.05, 0) is 6.92 Å². The van der Waals surface area contributed by atoms with E-state index in [1.807, 2.05) is 0 Å². The Morgan fingerprint density at radius 2 is 2.29 bits per heavy atom. The van der Waals surface area contributed by atoms with Crippen LogP contribution in [0.1, 0.15) is 6.92 Å². The Morgan fingerprint density at radius 3 is 2.29 bits per heavy atom. The third-order valence-electron chi connectivity index (χ3n) is 0.727. The normalized spacial score (nSPS) is 10.9. The first-order valence-electron chi connectivity index (χ1n) is 2.14. The number of aldehydes is 1. The maximum absolute atomic E-state index is 9.84. The maximum atomic E-state index is 9.84. The molecule has 0 unspecified atom stereocenters. The van der Waals surface area contributed by atoms with E-state index in [1.165, 1.54) is 0 Å². The lowest BCUT2D eigenvalue weighted by atomic mass is 10.4. The van der Waals surface area contributed by atoms with Crippen LogP contribution in [-0.2, 0) is 4.79 Å². The lowest BCUT2D eigenvalue weighted by molar-refractivity contribution is -0.105. The molecule has 1 N–H and O–H groups in total. The Labute approximate surface area is 43.2 Å². The summed E-state index contributed by atoms with van der Waals surface area (Å²) in [6.07, 6.45) is 2.49. The predicted octanol–water partition coefficient (Wildman–Crippen LogP) is 0.309. The van der Waals surface area contributed by atoms with Gasteiger partial charge in [-0.15, -0.1) is 0 Å². The highest BCUT2D eigenvalue weighted by Gasteiger charge is 1.79. The number of allylic oxidation sites excluding steroid dienone is 2. The number of carbonyl (C=O) groups excluding carboxylic acids is 1. The number of nitrogens with one attached hydrogen (secondary N) is 1. The van der Waals surface area contributed by atoms with E-state index in [2.05, 4.69) is 5.32 Å². The van der Waals surface area contributed by atoms with Crippen LogP contribution in [0.2, 0.25) is 0 Å². The van der Waals surface area contributed by atoms with Gasteiger partial charge in [0.2, 0.25) is 0 Å². The molecular formula is C5H9NO. The highest BCUT2D eigenvalue weighted by atomic mass is 16.1. The minimum Gasteiger partial charge on any atom is -0.386 e. The molecule has 7 heavy (non-hydrogen) atoms. The smallest absolute Gasteiger partial charge is 0.165 e. The van der Waals surface area contributed by atoms with Crippen LogP contribution >= 0.6 is 0 Å². The summed E-state index contributed by atoms with van der Waals surface area (Å²) >= 11 is 0. The van der Waals surface area contributed by atoms with Gasteiger partial charge in [0, 0.05) is 7.05 Å². The van der Waals surface area contributed by atoms with Gasteiger partial charge in [-0.25, -0.2) is 0 Å². The van der Waals surface area contributed by atoms with Crippen molar-refractivity contribution >= 4 is 6.29 Å². The number of likely N-dealkylation sites (N-methyl/N-ethyl adjacent to an activating group) is 1. The molecule has 0 aliphatic carbocycles. The molecule has 2 heteroatoms. The molecule has 0 aliphatic rings. The fraction of sp³-hybridized carbons (Fsp3) is 0.400. The fourth-order valence-corrected chi connectivity index (χ4v) is 0.271. The zero-order chi connectivity index (χ0) is 5.70. The Hall–Kier alpha value is -0.790. The number of carbonyl (C=O) groups is 1. The van der Waals surface area contributed by atoms with Crippen molar-refractivity contribution in [2.45, 2.75) is 6.92 Å². The summed E-state index contributed by atoms with van der Waals surface area (Å²) in [5.74, 6) is 0. The Bertz CT molecular complexity index is 86.1. The van der Waals surface area contributed by atoms with Crippen molar-refractivity contribution in [2.75, 3.05) is 7.05 Å². The number of hydrogen-bond donors (Lipinski definition) is 1. The third kappa shape index (κ3) is 1.98. The molecule has 0 aromatic rings. The van der Waals surface area contributed by atoms with Crippen molar-refractivity contribution in [2.24, 2.45) is 0 Å². The molecule has 0 aromatic heterocycles. The van der Waals surface area contributed by atoms with E-state index in [4.69, 9.17) is 0 Å². The monoisotopic (exact) mass is 99.1 g/mol. The summed E-state index contributed by atoms with van der Waals surface area (Å²) in [4.78, 5) is 9.84. The van der Waals surface area contributed by atoms with Crippen molar-refractivity contribution in [3.8, 4) is 0 Å². The van der Waals surface area contributed by atoms with Crippen molar-refractivity contribution in [3.05, 3.63) is 11.8 Å². The summed E-state index contributed by atoms with van der Waals surface area (Å²) < 4.78 is 0. The van der Waals surface area contributed by atoms with Crippen molar-refractivity contribution < 1.29 is 4.79 Å². The first-order chi connectivity index (χ1) is 3.35. The summed E-state index contributed by atoms with van der Waals surface area (Å²) in [5.41, 5.74) is 0.625. The second kappa shape index (κ2) is 3.40. The first-order valence-corrected chi connectivity index (χ1v) is 2.14. The quantitative estimate of drug-likeness (QED) is 0.398. The van der Waals surface area contributed by atoms with Crippen LogP contribution < -0.4 is 5.32 Å². The molecular weight excluding hydrogens is 90.1 g/mol. The second-order valence-electron chi connectivity index (χ2n) is 1.11. The standard InChI is InChI=1S/C5H9NO/c1-3-5(4-7)6-2/h3-4,6H,1-2H3/b5-3+. The van der Waals surface area contributed by atoms with Crippen molar-refractivity contribution in [1.29, 1.82) is 0 Å². The van der Waals surface area contributed by atoms with Gasteiger partial charge >= 0.3 is 0 Å².